The monoisotopic (exact) mass is 434 g/mol. The van der Waals surface area contributed by atoms with Crippen molar-refractivity contribution in [1.82, 2.24) is 9.80 Å². The summed E-state index contributed by atoms with van der Waals surface area (Å²) in [6, 6.07) is -1.37. The highest BCUT2D eigenvalue weighted by Gasteiger charge is 2.75. The molecule has 4 aliphatic rings. The topological polar surface area (TPSA) is 107 Å². The van der Waals surface area contributed by atoms with E-state index in [0.717, 1.165) is 32.1 Å². The largest absolute Gasteiger partial charge is 0.481 e. The molecule has 0 radical (unpaired) electrons. The van der Waals surface area contributed by atoms with Crippen molar-refractivity contribution < 1.29 is 29.3 Å². The number of nitrogens with zero attached hydrogens (tertiary/aromatic N) is 2. The fraction of sp³-hybridized carbons (Fsp3) is 0.783. The van der Waals surface area contributed by atoms with Crippen molar-refractivity contribution >= 4 is 17.8 Å². The van der Waals surface area contributed by atoms with E-state index >= 15 is 0 Å². The van der Waals surface area contributed by atoms with Crippen LogP contribution in [-0.4, -0.2) is 80.8 Å². The van der Waals surface area contributed by atoms with E-state index in [1.165, 1.54) is 4.90 Å². The van der Waals surface area contributed by atoms with Crippen molar-refractivity contribution in [3.8, 4) is 0 Å². The number of aliphatic carboxylic acids is 1. The van der Waals surface area contributed by atoms with Gasteiger partial charge in [-0.3, -0.25) is 14.4 Å². The number of carboxylic acids is 1. The molecule has 1 spiro atoms. The third kappa shape index (κ3) is 3.30. The lowest BCUT2D eigenvalue weighted by Gasteiger charge is -2.42. The lowest BCUT2D eigenvalue weighted by Crippen LogP contribution is -2.60. The number of carboxylic acid groups (broad SMARTS) is 1. The van der Waals surface area contributed by atoms with Crippen LogP contribution in [-0.2, 0) is 19.1 Å². The van der Waals surface area contributed by atoms with Crippen LogP contribution in [0.1, 0.15) is 58.3 Å². The number of fused-ring (bicyclic) bond motifs is 1. The molecular formula is C23H34N2O6. The van der Waals surface area contributed by atoms with Crippen LogP contribution in [0.5, 0.6) is 0 Å². The predicted octanol–water partition coefficient (Wildman–Crippen LogP) is 1.56. The predicted molar refractivity (Wildman–Crippen MR) is 112 cm³/mol. The molecule has 3 heterocycles. The zero-order valence-corrected chi connectivity index (χ0v) is 18.2. The van der Waals surface area contributed by atoms with Gasteiger partial charge in [0.2, 0.25) is 11.8 Å². The number of rotatable bonds is 8. The Morgan fingerprint density at radius 2 is 2.03 bits per heavy atom. The highest BCUT2D eigenvalue weighted by molar-refractivity contribution is 5.98. The minimum Gasteiger partial charge on any atom is -0.481 e. The van der Waals surface area contributed by atoms with Gasteiger partial charge in [0.05, 0.1) is 30.6 Å². The number of carbonyl (C=O) groups excluding carboxylic acids is 2. The van der Waals surface area contributed by atoms with Crippen molar-refractivity contribution in [3.05, 3.63) is 12.7 Å². The molecule has 4 fully saturated rings. The average Bonchev–Trinajstić information content (AvgIpc) is 3.41. The quantitative estimate of drug-likeness (QED) is 0.562. The molecular weight excluding hydrogens is 400 g/mol. The fourth-order valence-corrected chi connectivity index (χ4v) is 6.57. The maximum absolute atomic E-state index is 14.1. The van der Waals surface area contributed by atoms with Gasteiger partial charge in [0, 0.05) is 12.6 Å². The van der Waals surface area contributed by atoms with E-state index in [-0.39, 0.29) is 24.5 Å². The first-order valence-electron chi connectivity index (χ1n) is 11.7. The third-order valence-electron chi connectivity index (χ3n) is 7.96. The van der Waals surface area contributed by atoms with Gasteiger partial charge in [0.1, 0.15) is 11.6 Å². The molecule has 4 rings (SSSR count). The molecule has 2 N–H and O–H groups in total. The maximum atomic E-state index is 14.1. The Balaban J connectivity index is 1.76. The molecule has 2 amide bonds. The van der Waals surface area contributed by atoms with Gasteiger partial charge in [-0.15, -0.1) is 6.58 Å². The zero-order valence-electron chi connectivity index (χ0n) is 18.2. The molecule has 3 saturated heterocycles. The normalized spacial score (nSPS) is 35.8. The highest BCUT2D eigenvalue weighted by Crippen LogP contribution is 2.59. The standard InChI is InChI=1S/C23H34N2O6/c1-3-12-24(15-8-6-5-7-9-15)21(28)19-23-11-10-16(31-23)17(22(29)30)18(23)20(27)25(19)14(4-2)13-26/h3,14-19,26H,1,4-13H2,2H3,(H,29,30)/t14-,16-,17+,18+,19-,23+/m0/s1. The van der Waals surface area contributed by atoms with Crippen LogP contribution in [0.25, 0.3) is 0 Å². The van der Waals surface area contributed by atoms with E-state index in [1.807, 2.05) is 11.8 Å². The van der Waals surface area contributed by atoms with Crippen molar-refractivity contribution in [2.24, 2.45) is 11.8 Å². The molecule has 8 heteroatoms. The Hall–Kier alpha value is -1.93. The van der Waals surface area contributed by atoms with Crippen molar-refractivity contribution in [3.63, 3.8) is 0 Å². The van der Waals surface area contributed by atoms with E-state index in [1.54, 1.807) is 6.08 Å². The van der Waals surface area contributed by atoms with Crippen LogP contribution in [0.4, 0.5) is 0 Å². The van der Waals surface area contributed by atoms with Crippen LogP contribution in [0, 0.1) is 11.8 Å². The summed E-state index contributed by atoms with van der Waals surface area (Å²) in [4.78, 5) is 43.0. The highest BCUT2D eigenvalue weighted by atomic mass is 16.5. The van der Waals surface area contributed by atoms with E-state index in [0.29, 0.717) is 25.8 Å². The Morgan fingerprint density at radius 1 is 1.32 bits per heavy atom. The van der Waals surface area contributed by atoms with Crippen LogP contribution >= 0.6 is 0 Å². The Morgan fingerprint density at radius 3 is 2.61 bits per heavy atom. The number of aliphatic hydroxyl groups excluding tert-OH is 1. The summed E-state index contributed by atoms with van der Waals surface area (Å²) in [6.45, 7) is 5.79. The molecule has 2 bridgehead atoms. The number of likely N-dealkylation sites (tertiary alicyclic amines) is 1. The number of amides is 2. The lowest BCUT2D eigenvalue weighted by atomic mass is 9.70. The van der Waals surface area contributed by atoms with Gasteiger partial charge in [-0.1, -0.05) is 32.3 Å². The van der Waals surface area contributed by atoms with Crippen LogP contribution in [0.3, 0.4) is 0 Å². The second kappa shape index (κ2) is 8.54. The molecule has 0 aromatic carbocycles. The molecule has 0 aromatic rings. The van der Waals surface area contributed by atoms with Crippen LogP contribution in [0.15, 0.2) is 12.7 Å². The first-order valence-corrected chi connectivity index (χ1v) is 11.7. The summed E-state index contributed by atoms with van der Waals surface area (Å²) in [5, 5.41) is 19.9. The Bertz CT molecular complexity index is 746. The van der Waals surface area contributed by atoms with Crippen LogP contribution in [0.2, 0.25) is 0 Å². The fourth-order valence-electron chi connectivity index (χ4n) is 6.57. The number of carbonyl (C=O) groups is 3. The third-order valence-corrected chi connectivity index (χ3v) is 7.96. The first-order chi connectivity index (χ1) is 14.9. The first kappa shape index (κ1) is 22.3. The van der Waals surface area contributed by atoms with Gasteiger partial charge in [0.15, 0.2) is 0 Å². The minimum atomic E-state index is -1.13. The lowest BCUT2D eigenvalue weighted by molar-refractivity contribution is -0.154. The summed E-state index contributed by atoms with van der Waals surface area (Å²) >= 11 is 0. The molecule has 0 unspecified atom stereocenters. The van der Waals surface area contributed by atoms with Crippen molar-refractivity contribution in [1.29, 1.82) is 0 Å². The molecule has 1 aliphatic carbocycles. The van der Waals surface area contributed by atoms with Gasteiger partial charge in [0.25, 0.3) is 0 Å². The maximum Gasteiger partial charge on any atom is 0.310 e. The second-order valence-corrected chi connectivity index (χ2v) is 9.46. The number of ether oxygens (including phenoxy) is 1. The van der Waals surface area contributed by atoms with E-state index in [4.69, 9.17) is 4.74 Å². The molecule has 0 aromatic heterocycles. The zero-order chi connectivity index (χ0) is 22.3. The molecule has 31 heavy (non-hydrogen) atoms. The summed E-state index contributed by atoms with van der Waals surface area (Å²) in [7, 11) is 0. The summed E-state index contributed by atoms with van der Waals surface area (Å²) in [6.07, 6.45) is 7.74. The minimum absolute atomic E-state index is 0.0785. The summed E-state index contributed by atoms with van der Waals surface area (Å²) in [5.74, 6) is -3.43. The van der Waals surface area contributed by atoms with Crippen molar-refractivity contribution in [2.75, 3.05) is 13.2 Å². The Labute approximate surface area is 183 Å². The number of hydrogen-bond acceptors (Lipinski definition) is 5. The summed E-state index contributed by atoms with van der Waals surface area (Å²) in [5.41, 5.74) is -1.13. The molecule has 1 saturated carbocycles. The summed E-state index contributed by atoms with van der Waals surface area (Å²) < 4.78 is 6.25. The van der Waals surface area contributed by atoms with Gasteiger partial charge < -0.3 is 24.7 Å². The van der Waals surface area contributed by atoms with E-state index in [2.05, 4.69) is 6.58 Å². The number of aliphatic hydroxyl groups is 1. The van der Waals surface area contributed by atoms with Crippen molar-refractivity contribution in [2.45, 2.75) is 88.1 Å². The van der Waals surface area contributed by atoms with Crippen LogP contribution < -0.4 is 0 Å². The molecule has 6 atom stereocenters. The number of hydrogen-bond donors (Lipinski definition) is 2. The van der Waals surface area contributed by atoms with Gasteiger partial charge in [-0.25, -0.2) is 0 Å². The molecule has 172 valence electrons. The SMILES string of the molecule is C=CCN(C(=O)[C@@H]1N([C@@H](CC)CO)C(=O)[C@H]2[C@H](C(=O)O)[C@@H]3CC[C@]12O3)C1CCCCC1. The van der Waals surface area contributed by atoms with Gasteiger partial charge >= 0.3 is 5.97 Å². The average molecular weight is 435 g/mol. The van der Waals surface area contributed by atoms with E-state index < -0.39 is 41.6 Å². The molecule has 3 aliphatic heterocycles. The van der Waals surface area contributed by atoms with Gasteiger partial charge in [-0.05, 0) is 32.1 Å². The smallest absolute Gasteiger partial charge is 0.310 e. The molecule has 8 nitrogen and oxygen atoms in total. The van der Waals surface area contributed by atoms with Gasteiger partial charge in [-0.2, -0.15) is 0 Å². The Kier molecular flexibility index (Phi) is 6.14. The van der Waals surface area contributed by atoms with E-state index in [9.17, 15) is 24.6 Å². The second-order valence-electron chi connectivity index (χ2n) is 9.46.